The van der Waals surface area contributed by atoms with Crippen LogP contribution >= 0.6 is 11.8 Å². The summed E-state index contributed by atoms with van der Waals surface area (Å²) in [6, 6.07) is 25.8. The molecule has 3 aliphatic rings. The summed E-state index contributed by atoms with van der Waals surface area (Å²) in [5, 5.41) is 27.3. The fraction of sp³-hybridized carbons (Fsp3) is 0.320. The molecular formula is C50H53N7O12S. The van der Waals surface area contributed by atoms with Crippen LogP contribution in [0.4, 0.5) is 5.69 Å². The number of rotatable bonds is 21. The predicted octanol–water partition coefficient (Wildman–Crippen LogP) is 3.74. The molecule has 5 amide bonds. The molecule has 1 saturated heterocycles. The summed E-state index contributed by atoms with van der Waals surface area (Å²) >= 11 is 1.32. The number of nitrogens with one attached hydrogen (secondary N) is 4. The van der Waals surface area contributed by atoms with Crippen molar-refractivity contribution < 1.29 is 52.8 Å². The maximum atomic E-state index is 13.9. The molecule has 0 aliphatic carbocycles. The summed E-state index contributed by atoms with van der Waals surface area (Å²) < 4.78 is 22.9. The summed E-state index contributed by atoms with van der Waals surface area (Å²) in [5.74, 6) is -2.14. The van der Waals surface area contributed by atoms with Gasteiger partial charge in [-0.1, -0.05) is 54.6 Å². The van der Waals surface area contributed by atoms with Gasteiger partial charge in [0.1, 0.15) is 5.76 Å². The number of para-hydroxylation sites is 1. The lowest BCUT2D eigenvalue weighted by molar-refractivity contribution is -0.138. The number of thioether (sulfide) groups is 1. The number of hydrogen-bond donors (Lipinski definition) is 6. The van der Waals surface area contributed by atoms with Crippen molar-refractivity contribution in [1.82, 2.24) is 31.5 Å². The van der Waals surface area contributed by atoms with Crippen LogP contribution in [0.3, 0.4) is 0 Å². The number of anilines is 1. The number of hydrazine groups is 2. The average Bonchev–Trinajstić information content (AvgIpc) is 3.91. The van der Waals surface area contributed by atoms with E-state index in [1.54, 1.807) is 35.4 Å². The number of amides is 5. The van der Waals surface area contributed by atoms with E-state index in [1.165, 1.54) is 30.0 Å². The Morgan fingerprint density at radius 3 is 2.27 bits per heavy atom. The van der Waals surface area contributed by atoms with Crippen molar-refractivity contribution in [2.24, 2.45) is 0 Å². The molecule has 20 heteroatoms. The fourth-order valence-electron chi connectivity index (χ4n) is 8.28. The van der Waals surface area contributed by atoms with Crippen molar-refractivity contribution in [2.45, 2.75) is 31.1 Å². The molecular weight excluding hydrogens is 923 g/mol. The molecule has 0 spiro atoms. The number of phenols is 2. The number of benzene rings is 4. The molecule has 4 heterocycles. The summed E-state index contributed by atoms with van der Waals surface area (Å²) in [7, 11) is 0. The highest BCUT2D eigenvalue weighted by Gasteiger charge is 2.38. The monoisotopic (exact) mass is 975 g/mol. The molecule has 6 N–H and O–H groups in total. The molecule has 70 heavy (non-hydrogen) atoms. The van der Waals surface area contributed by atoms with E-state index in [-0.39, 0.29) is 97.2 Å². The SMILES string of the molecule is CSC1CC(=O)N(CCC(=O)NCCC(=O)N2Cc3ccccc3C3=C(NNN3CCOCCOCCOCCNC(=O)c3ccc(-c4cc(=O)c5ccc(O)c(O)c5o4)cc3)c3ccccc32)C1=O. The van der Waals surface area contributed by atoms with Crippen LogP contribution in [0.2, 0.25) is 0 Å². The molecule has 19 nitrogen and oxygen atoms in total. The van der Waals surface area contributed by atoms with Crippen LogP contribution in [0.1, 0.15) is 46.3 Å². The number of hydrogen-bond acceptors (Lipinski definition) is 16. The Balaban J connectivity index is 0.743. The van der Waals surface area contributed by atoms with Crippen LogP contribution in [-0.4, -0.2) is 127 Å². The van der Waals surface area contributed by atoms with Gasteiger partial charge in [0.25, 0.3) is 5.91 Å². The molecule has 0 saturated carbocycles. The zero-order valence-corrected chi connectivity index (χ0v) is 39.2. The van der Waals surface area contributed by atoms with Gasteiger partial charge in [0.2, 0.25) is 29.4 Å². The Morgan fingerprint density at radius 2 is 1.51 bits per heavy atom. The Morgan fingerprint density at radius 1 is 0.800 bits per heavy atom. The standard InChI is InChI=1S/C50H53N7O12S/c1-70-41-29-44(62)55(50(41)65)20-17-42(60)51-18-16-43(61)56-30-33-6-2-3-7-34(33)46-45(35-8-4-5-9-37(35)56)53-54-57(46)21-23-67-25-27-68-26-24-66-22-19-52-49(64)32-12-10-31(11-13-32)40-28-39(59)36-14-15-38(58)47(63)48(36)69-40/h2-15,28,41,53-54,58,63H,16-27,29-30H2,1H3,(H,51,60)(H,52,64). The molecule has 8 rings (SSSR count). The van der Waals surface area contributed by atoms with Gasteiger partial charge < -0.3 is 49.8 Å². The normalized spacial score (nSPS) is 15.3. The second-order valence-electron chi connectivity index (χ2n) is 16.4. The van der Waals surface area contributed by atoms with Crippen LogP contribution in [0.5, 0.6) is 11.5 Å². The molecule has 0 bridgehead atoms. The summed E-state index contributed by atoms with van der Waals surface area (Å²) in [6.07, 6.45) is 1.92. The van der Waals surface area contributed by atoms with E-state index in [0.29, 0.717) is 62.9 Å². The lowest BCUT2D eigenvalue weighted by atomic mass is 9.96. The molecule has 3 aliphatic heterocycles. The largest absolute Gasteiger partial charge is 0.504 e. The van der Waals surface area contributed by atoms with Gasteiger partial charge in [0.15, 0.2) is 16.8 Å². The third-order valence-electron chi connectivity index (χ3n) is 11.9. The van der Waals surface area contributed by atoms with E-state index >= 15 is 0 Å². The van der Waals surface area contributed by atoms with Gasteiger partial charge in [-0.3, -0.25) is 38.7 Å². The number of phenolic OH excluding ortho intramolecular Hbond substituents is 2. The average molecular weight is 976 g/mol. The highest BCUT2D eigenvalue weighted by Crippen LogP contribution is 2.40. The Bertz CT molecular complexity index is 2860. The summed E-state index contributed by atoms with van der Waals surface area (Å²) in [4.78, 5) is 79.4. The highest BCUT2D eigenvalue weighted by molar-refractivity contribution is 8.00. The van der Waals surface area contributed by atoms with E-state index in [9.17, 15) is 39.0 Å². The minimum Gasteiger partial charge on any atom is -0.504 e. The van der Waals surface area contributed by atoms with Gasteiger partial charge in [0.05, 0.1) is 80.4 Å². The second kappa shape index (κ2) is 22.9. The number of imide groups is 1. The molecule has 1 atom stereocenters. The van der Waals surface area contributed by atoms with Crippen molar-refractivity contribution in [3.63, 3.8) is 0 Å². The van der Waals surface area contributed by atoms with E-state index in [0.717, 1.165) is 33.0 Å². The van der Waals surface area contributed by atoms with Crippen molar-refractivity contribution in [2.75, 3.05) is 77.0 Å². The molecule has 4 aromatic carbocycles. The number of nitrogens with zero attached hydrogens (tertiary/aromatic N) is 3. The van der Waals surface area contributed by atoms with Crippen LogP contribution < -0.4 is 31.9 Å². The molecule has 1 unspecified atom stereocenters. The van der Waals surface area contributed by atoms with Crippen LogP contribution in [0.15, 0.2) is 100 Å². The van der Waals surface area contributed by atoms with Gasteiger partial charge in [-0.2, -0.15) is 11.8 Å². The highest BCUT2D eigenvalue weighted by atomic mass is 32.2. The van der Waals surface area contributed by atoms with Crippen molar-refractivity contribution in [1.29, 1.82) is 0 Å². The number of aromatic hydroxyl groups is 2. The smallest absolute Gasteiger partial charge is 0.251 e. The number of fused-ring (bicyclic) bond motifs is 5. The third kappa shape index (κ3) is 11.3. The van der Waals surface area contributed by atoms with Crippen LogP contribution in [-0.2, 0) is 39.9 Å². The maximum Gasteiger partial charge on any atom is 0.251 e. The fourth-order valence-corrected chi connectivity index (χ4v) is 8.92. The van der Waals surface area contributed by atoms with Crippen LogP contribution in [0, 0.1) is 0 Å². The maximum absolute atomic E-state index is 13.9. The van der Waals surface area contributed by atoms with E-state index in [2.05, 4.69) is 21.6 Å². The molecule has 5 aromatic rings. The Labute approximate surface area is 406 Å². The minimum atomic E-state index is -0.524. The molecule has 1 aromatic heterocycles. The lowest BCUT2D eigenvalue weighted by Gasteiger charge is -2.30. The number of carbonyl (C=O) groups excluding carboxylic acids is 5. The first-order valence-electron chi connectivity index (χ1n) is 22.8. The third-order valence-corrected chi connectivity index (χ3v) is 12.9. The van der Waals surface area contributed by atoms with Crippen LogP contribution in [0.25, 0.3) is 33.7 Å². The van der Waals surface area contributed by atoms with Crippen molar-refractivity contribution in [3.8, 4) is 22.8 Å². The second-order valence-corrected chi connectivity index (χ2v) is 17.4. The first-order chi connectivity index (χ1) is 34.0. The van der Waals surface area contributed by atoms with Crippen molar-refractivity contribution in [3.05, 3.63) is 123 Å². The minimum absolute atomic E-state index is 0.0100. The molecule has 366 valence electrons. The molecule has 1 fully saturated rings. The van der Waals surface area contributed by atoms with Gasteiger partial charge in [0, 0.05) is 67.2 Å². The van der Waals surface area contributed by atoms with Gasteiger partial charge in [-0.25, -0.2) is 0 Å². The number of likely N-dealkylation sites (tertiary alicyclic amines) is 1. The zero-order valence-electron chi connectivity index (χ0n) is 38.4. The zero-order chi connectivity index (χ0) is 49.1. The van der Waals surface area contributed by atoms with Gasteiger partial charge in [-0.05, 0) is 42.2 Å². The Kier molecular flexibility index (Phi) is 16.1. The predicted molar refractivity (Wildman–Crippen MR) is 261 cm³/mol. The first kappa shape index (κ1) is 49.2. The van der Waals surface area contributed by atoms with Gasteiger partial charge >= 0.3 is 0 Å². The van der Waals surface area contributed by atoms with Gasteiger partial charge in [-0.15, -0.1) is 5.53 Å². The summed E-state index contributed by atoms with van der Waals surface area (Å²) in [5.41, 5.74) is 12.1. The number of carbonyl (C=O) groups is 5. The topological polar surface area (TPSA) is 242 Å². The quantitative estimate of drug-likeness (QED) is 0.0349. The van der Waals surface area contributed by atoms with E-state index in [1.807, 2.05) is 53.5 Å². The number of ether oxygens (including phenoxy) is 3. The summed E-state index contributed by atoms with van der Waals surface area (Å²) in [6.45, 7) is 3.18. The molecule has 0 radical (unpaired) electrons. The Hall–Kier alpha value is -7.23. The van der Waals surface area contributed by atoms with Crippen molar-refractivity contribution >= 4 is 69.3 Å². The van der Waals surface area contributed by atoms with E-state index in [4.69, 9.17) is 18.6 Å². The lowest BCUT2D eigenvalue weighted by Crippen LogP contribution is -2.39. The van der Waals surface area contributed by atoms with E-state index < -0.39 is 16.7 Å². The first-order valence-corrected chi connectivity index (χ1v) is 24.1.